The topological polar surface area (TPSA) is 78.4 Å². The molecule has 0 saturated carbocycles. The average Bonchev–Trinajstić information content (AvgIpc) is 3.18. The number of nitrogens with one attached hydrogen (secondary N) is 1. The van der Waals surface area contributed by atoms with Gasteiger partial charge >= 0.3 is 0 Å². The molecule has 0 unspecified atom stereocenters. The van der Waals surface area contributed by atoms with Gasteiger partial charge in [-0.3, -0.25) is 9.59 Å². The van der Waals surface area contributed by atoms with Crippen LogP contribution in [0.25, 0.3) is 0 Å². The average molecular weight is 388 g/mol. The van der Waals surface area contributed by atoms with Crippen molar-refractivity contribution in [3.63, 3.8) is 0 Å². The van der Waals surface area contributed by atoms with E-state index in [4.69, 9.17) is 0 Å². The fourth-order valence-corrected chi connectivity index (χ4v) is 3.79. The van der Waals surface area contributed by atoms with Gasteiger partial charge in [0.25, 0.3) is 5.91 Å². The van der Waals surface area contributed by atoms with Gasteiger partial charge in [0.05, 0.1) is 0 Å². The Balaban J connectivity index is 1.42. The number of piperazine rings is 1. The predicted octanol–water partition coefficient (Wildman–Crippen LogP) is 2.28. The van der Waals surface area contributed by atoms with Crippen LogP contribution in [0.15, 0.2) is 30.3 Å². The van der Waals surface area contributed by atoms with Gasteiger partial charge in [0.1, 0.15) is 5.01 Å². The number of aryl methyl sites for hydroxylation is 1. The molecule has 1 aliphatic heterocycles. The molecule has 0 bridgehead atoms. The van der Waals surface area contributed by atoms with E-state index in [-0.39, 0.29) is 11.8 Å². The second kappa shape index (κ2) is 9.57. The Labute approximate surface area is 163 Å². The first-order chi connectivity index (χ1) is 13.2. The van der Waals surface area contributed by atoms with Gasteiger partial charge in [-0.15, -0.1) is 10.2 Å². The van der Waals surface area contributed by atoms with E-state index in [0.717, 1.165) is 49.8 Å². The minimum atomic E-state index is -0.255. The molecular formula is C19H25N5O2S. The molecule has 2 aromatic rings. The molecule has 7 nitrogen and oxygen atoms in total. The van der Waals surface area contributed by atoms with Crippen LogP contribution in [0.2, 0.25) is 0 Å². The maximum atomic E-state index is 12.3. The Bertz CT molecular complexity index is 756. The summed E-state index contributed by atoms with van der Waals surface area (Å²) in [6.45, 7) is 6.73. The van der Waals surface area contributed by atoms with E-state index in [1.807, 2.05) is 35.2 Å². The first-order valence-corrected chi connectivity index (χ1v) is 10.2. The van der Waals surface area contributed by atoms with Crippen LogP contribution < -0.4 is 5.32 Å². The monoisotopic (exact) mass is 387 g/mol. The van der Waals surface area contributed by atoms with Gasteiger partial charge < -0.3 is 15.1 Å². The summed E-state index contributed by atoms with van der Waals surface area (Å²) in [5.41, 5.74) is 0.730. The van der Waals surface area contributed by atoms with Crippen LogP contribution in [0.1, 0.15) is 34.6 Å². The molecule has 1 saturated heterocycles. The van der Waals surface area contributed by atoms with Gasteiger partial charge in [-0.2, -0.15) is 0 Å². The van der Waals surface area contributed by atoms with Crippen molar-refractivity contribution < 1.29 is 9.59 Å². The SMILES string of the molecule is CCN1CCN(C(=O)CCCc2nnc(C(=O)Nc3ccccc3)s2)CC1. The number of nitrogens with zero attached hydrogens (tertiary/aromatic N) is 4. The maximum Gasteiger partial charge on any atom is 0.286 e. The molecule has 1 N–H and O–H groups in total. The molecule has 144 valence electrons. The summed E-state index contributed by atoms with van der Waals surface area (Å²) in [4.78, 5) is 28.8. The highest BCUT2D eigenvalue weighted by Crippen LogP contribution is 2.15. The molecule has 1 aromatic heterocycles. The molecule has 27 heavy (non-hydrogen) atoms. The number of rotatable bonds is 7. The number of hydrogen-bond donors (Lipinski definition) is 1. The Morgan fingerprint density at radius 3 is 2.56 bits per heavy atom. The number of benzene rings is 1. The van der Waals surface area contributed by atoms with Crippen molar-refractivity contribution in [1.82, 2.24) is 20.0 Å². The van der Waals surface area contributed by atoms with Crippen LogP contribution in [0.3, 0.4) is 0 Å². The number of carbonyl (C=O) groups is 2. The molecule has 0 aliphatic carbocycles. The highest BCUT2D eigenvalue weighted by molar-refractivity contribution is 7.13. The molecule has 1 fully saturated rings. The molecule has 2 heterocycles. The molecule has 8 heteroatoms. The third-order valence-electron chi connectivity index (χ3n) is 4.65. The van der Waals surface area contributed by atoms with Crippen LogP contribution in [0.5, 0.6) is 0 Å². The molecule has 0 spiro atoms. The van der Waals surface area contributed by atoms with E-state index in [2.05, 4.69) is 27.3 Å². The quantitative estimate of drug-likeness (QED) is 0.789. The molecule has 2 amide bonds. The van der Waals surface area contributed by atoms with Crippen molar-refractivity contribution in [2.24, 2.45) is 0 Å². The number of anilines is 1. The fraction of sp³-hybridized carbons (Fsp3) is 0.474. The van der Waals surface area contributed by atoms with Gasteiger partial charge in [0.2, 0.25) is 10.9 Å². The van der Waals surface area contributed by atoms with Crippen LogP contribution in [-0.2, 0) is 11.2 Å². The first-order valence-electron chi connectivity index (χ1n) is 9.34. The van der Waals surface area contributed by atoms with Crippen LogP contribution in [0, 0.1) is 0 Å². The van der Waals surface area contributed by atoms with E-state index in [0.29, 0.717) is 17.8 Å². The van der Waals surface area contributed by atoms with Crippen molar-refractivity contribution in [2.45, 2.75) is 26.2 Å². The molecule has 3 rings (SSSR count). The Morgan fingerprint density at radius 2 is 1.85 bits per heavy atom. The number of aromatic nitrogens is 2. The summed E-state index contributed by atoms with van der Waals surface area (Å²) in [5, 5.41) is 12.0. The number of likely N-dealkylation sites (N-methyl/N-ethyl adjacent to an activating group) is 1. The molecule has 0 radical (unpaired) electrons. The Hall–Kier alpha value is -2.32. The minimum absolute atomic E-state index is 0.206. The Morgan fingerprint density at radius 1 is 1.11 bits per heavy atom. The predicted molar refractivity (Wildman–Crippen MR) is 106 cm³/mol. The third-order valence-corrected chi connectivity index (χ3v) is 5.63. The molecule has 1 aliphatic rings. The number of para-hydroxylation sites is 1. The lowest BCUT2D eigenvalue weighted by Gasteiger charge is -2.34. The van der Waals surface area contributed by atoms with Crippen molar-refractivity contribution >= 4 is 28.8 Å². The highest BCUT2D eigenvalue weighted by atomic mass is 32.1. The van der Waals surface area contributed by atoms with Crippen molar-refractivity contribution in [1.29, 1.82) is 0 Å². The van der Waals surface area contributed by atoms with E-state index >= 15 is 0 Å². The summed E-state index contributed by atoms with van der Waals surface area (Å²) < 4.78 is 0. The zero-order chi connectivity index (χ0) is 19.1. The lowest BCUT2D eigenvalue weighted by molar-refractivity contribution is -0.133. The lowest BCUT2D eigenvalue weighted by Crippen LogP contribution is -2.48. The maximum absolute atomic E-state index is 12.3. The first kappa shape index (κ1) is 19.4. The summed E-state index contributed by atoms with van der Waals surface area (Å²) in [6.07, 6.45) is 1.90. The number of carbonyl (C=O) groups excluding carboxylic acids is 2. The Kier molecular flexibility index (Phi) is 6.89. The standard InChI is InChI=1S/C19H25N5O2S/c1-2-23-11-13-24(14-12-23)17(25)10-6-9-16-21-22-19(27-16)18(26)20-15-7-4-3-5-8-15/h3-5,7-8H,2,6,9-14H2,1H3,(H,20,26). The van der Waals surface area contributed by atoms with Gasteiger partial charge in [0.15, 0.2) is 0 Å². The normalized spacial score (nSPS) is 14.9. The van der Waals surface area contributed by atoms with Crippen LogP contribution in [-0.4, -0.2) is 64.5 Å². The van der Waals surface area contributed by atoms with Gasteiger partial charge in [-0.1, -0.05) is 36.5 Å². The molecule has 0 atom stereocenters. The van der Waals surface area contributed by atoms with Crippen molar-refractivity contribution in [3.05, 3.63) is 40.3 Å². The second-order valence-corrected chi connectivity index (χ2v) is 7.55. The van der Waals surface area contributed by atoms with Crippen LogP contribution in [0.4, 0.5) is 5.69 Å². The lowest BCUT2D eigenvalue weighted by atomic mass is 10.2. The van der Waals surface area contributed by atoms with E-state index in [9.17, 15) is 9.59 Å². The zero-order valence-electron chi connectivity index (χ0n) is 15.6. The van der Waals surface area contributed by atoms with Gasteiger partial charge in [-0.05, 0) is 25.1 Å². The fourth-order valence-electron chi connectivity index (χ4n) is 3.01. The van der Waals surface area contributed by atoms with E-state index in [1.54, 1.807) is 0 Å². The summed E-state index contributed by atoms with van der Waals surface area (Å²) in [7, 11) is 0. The minimum Gasteiger partial charge on any atom is -0.340 e. The van der Waals surface area contributed by atoms with E-state index < -0.39 is 0 Å². The molecular weight excluding hydrogens is 362 g/mol. The van der Waals surface area contributed by atoms with E-state index in [1.165, 1.54) is 11.3 Å². The smallest absolute Gasteiger partial charge is 0.286 e. The number of amides is 2. The highest BCUT2D eigenvalue weighted by Gasteiger charge is 2.20. The zero-order valence-corrected chi connectivity index (χ0v) is 16.4. The summed E-state index contributed by atoms with van der Waals surface area (Å²) in [5.74, 6) is -0.0490. The van der Waals surface area contributed by atoms with Crippen molar-refractivity contribution in [2.75, 3.05) is 38.0 Å². The third kappa shape index (κ3) is 5.58. The largest absolute Gasteiger partial charge is 0.340 e. The van der Waals surface area contributed by atoms with Crippen molar-refractivity contribution in [3.8, 4) is 0 Å². The van der Waals surface area contributed by atoms with Crippen LogP contribution >= 0.6 is 11.3 Å². The van der Waals surface area contributed by atoms with Gasteiger partial charge in [0, 0.05) is 44.7 Å². The number of hydrogen-bond acceptors (Lipinski definition) is 6. The molecule has 1 aromatic carbocycles. The second-order valence-electron chi connectivity index (χ2n) is 6.49. The van der Waals surface area contributed by atoms with Gasteiger partial charge in [-0.25, -0.2) is 0 Å². The summed E-state index contributed by atoms with van der Waals surface area (Å²) >= 11 is 1.28. The summed E-state index contributed by atoms with van der Waals surface area (Å²) in [6, 6.07) is 9.27.